The number of rotatable bonds is 1. The van der Waals surface area contributed by atoms with Crippen molar-refractivity contribution in [3.8, 4) is 0 Å². The molecule has 4 nitrogen and oxygen atoms in total. The lowest BCUT2D eigenvalue weighted by Gasteiger charge is -2.15. The molecule has 0 N–H and O–H groups in total. The van der Waals surface area contributed by atoms with Gasteiger partial charge in [-0.05, 0) is 15.9 Å². The number of pyridine rings is 1. The number of nitrogens with zero attached hydrogens (tertiary/aromatic N) is 2. The Labute approximate surface area is 93.2 Å². The summed E-state index contributed by atoms with van der Waals surface area (Å²) in [5.41, 5.74) is 0.297. The summed E-state index contributed by atoms with van der Waals surface area (Å²) in [5.74, 6) is -1.04. The van der Waals surface area contributed by atoms with Crippen LogP contribution in [-0.4, -0.2) is 23.2 Å². The molecule has 0 radical (unpaired) electrons. The van der Waals surface area contributed by atoms with Crippen molar-refractivity contribution >= 4 is 33.3 Å². The number of amides is 1. The summed E-state index contributed by atoms with van der Waals surface area (Å²) in [6.45, 7) is -0.0113. The Balaban J connectivity index is 2.41. The van der Waals surface area contributed by atoms with Crippen LogP contribution in [0.2, 0.25) is 0 Å². The first kappa shape index (κ1) is 10.2. The van der Waals surface area contributed by atoms with Crippen molar-refractivity contribution in [2.75, 3.05) is 11.4 Å². The highest BCUT2D eigenvalue weighted by molar-refractivity contribution is 9.10. The average molecular weight is 273 g/mol. The number of anilines is 1. The molecule has 15 heavy (non-hydrogen) atoms. The standard InChI is InChI=1S/C9H6BrFN2O2/c10-9-7(1-5(11)3-12-9)13-4-6(14)2-8(13)15/h1,3H,2,4H2. The molecule has 0 saturated carbocycles. The van der Waals surface area contributed by atoms with Gasteiger partial charge in [0.05, 0.1) is 24.8 Å². The quantitative estimate of drug-likeness (QED) is 0.572. The predicted molar refractivity (Wildman–Crippen MR) is 53.9 cm³/mol. The third kappa shape index (κ3) is 1.90. The van der Waals surface area contributed by atoms with E-state index in [1.807, 2.05) is 0 Å². The first-order valence-corrected chi connectivity index (χ1v) is 5.00. The van der Waals surface area contributed by atoms with Gasteiger partial charge in [0.1, 0.15) is 10.4 Å². The van der Waals surface area contributed by atoms with Gasteiger partial charge in [0, 0.05) is 6.07 Å². The fourth-order valence-corrected chi connectivity index (χ4v) is 1.84. The molecule has 1 aliphatic rings. The molecule has 2 rings (SSSR count). The van der Waals surface area contributed by atoms with E-state index in [1.165, 1.54) is 11.0 Å². The van der Waals surface area contributed by atoms with Crippen LogP contribution in [0, 0.1) is 5.82 Å². The molecule has 1 saturated heterocycles. The number of ketones is 1. The molecule has 1 aromatic rings. The topological polar surface area (TPSA) is 50.3 Å². The second-order valence-electron chi connectivity index (χ2n) is 3.16. The van der Waals surface area contributed by atoms with Gasteiger partial charge in [0.25, 0.3) is 0 Å². The van der Waals surface area contributed by atoms with Crippen LogP contribution >= 0.6 is 15.9 Å². The van der Waals surface area contributed by atoms with Crippen molar-refractivity contribution in [2.24, 2.45) is 0 Å². The molecular weight excluding hydrogens is 267 g/mol. The van der Waals surface area contributed by atoms with Gasteiger partial charge in [0.2, 0.25) is 5.91 Å². The SMILES string of the molecule is O=C1CC(=O)N(c2cc(F)cnc2Br)C1. The van der Waals surface area contributed by atoms with Crippen LogP contribution in [0.3, 0.4) is 0 Å². The van der Waals surface area contributed by atoms with Crippen LogP contribution in [0.4, 0.5) is 10.1 Å². The second-order valence-corrected chi connectivity index (χ2v) is 3.91. The fraction of sp³-hybridized carbons (Fsp3) is 0.222. The fourth-order valence-electron chi connectivity index (χ4n) is 1.41. The average Bonchev–Trinajstić information content (AvgIpc) is 2.50. The van der Waals surface area contributed by atoms with Gasteiger partial charge in [-0.15, -0.1) is 0 Å². The molecule has 78 valence electrons. The minimum Gasteiger partial charge on any atom is -0.302 e. The smallest absolute Gasteiger partial charge is 0.235 e. The molecule has 0 unspecified atom stereocenters. The van der Waals surface area contributed by atoms with Crippen molar-refractivity contribution in [1.29, 1.82) is 0 Å². The second kappa shape index (κ2) is 3.69. The first-order chi connectivity index (χ1) is 7.08. The monoisotopic (exact) mass is 272 g/mol. The lowest BCUT2D eigenvalue weighted by atomic mass is 10.3. The van der Waals surface area contributed by atoms with Crippen LogP contribution in [0.5, 0.6) is 0 Å². The Hall–Kier alpha value is -1.30. The zero-order valence-corrected chi connectivity index (χ0v) is 9.12. The highest BCUT2D eigenvalue weighted by Gasteiger charge is 2.30. The van der Waals surface area contributed by atoms with E-state index in [9.17, 15) is 14.0 Å². The molecule has 0 aromatic carbocycles. The van der Waals surface area contributed by atoms with E-state index in [1.54, 1.807) is 0 Å². The van der Waals surface area contributed by atoms with Crippen molar-refractivity contribution in [3.63, 3.8) is 0 Å². The Bertz CT molecular complexity index is 450. The van der Waals surface area contributed by atoms with Gasteiger partial charge in [-0.3, -0.25) is 9.59 Å². The number of hydrogen-bond donors (Lipinski definition) is 0. The van der Waals surface area contributed by atoms with E-state index < -0.39 is 5.82 Å². The Morgan fingerprint density at radius 1 is 1.47 bits per heavy atom. The molecule has 0 aliphatic carbocycles. The number of hydrogen-bond acceptors (Lipinski definition) is 3. The molecule has 0 bridgehead atoms. The normalized spacial score (nSPS) is 16.3. The first-order valence-electron chi connectivity index (χ1n) is 4.21. The van der Waals surface area contributed by atoms with Gasteiger partial charge >= 0.3 is 0 Å². The molecule has 2 heterocycles. The van der Waals surface area contributed by atoms with Gasteiger partial charge in [-0.2, -0.15) is 0 Å². The number of Topliss-reactive ketones (excluding diaryl/α,β-unsaturated/α-hetero) is 1. The van der Waals surface area contributed by atoms with Crippen molar-refractivity contribution in [1.82, 2.24) is 4.98 Å². The number of carbonyl (C=O) groups is 2. The summed E-state index contributed by atoms with van der Waals surface area (Å²) < 4.78 is 13.3. The van der Waals surface area contributed by atoms with Crippen LogP contribution in [-0.2, 0) is 9.59 Å². The third-order valence-electron chi connectivity index (χ3n) is 2.06. The maximum Gasteiger partial charge on any atom is 0.235 e. The minimum atomic E-state index is -0.541. The predicted octanol–water partition coefficient (Wildman–Crippen LogP) is 1.29. The van der Waals surface area contributed by atoms with Crippen LogP contribution in [0.1, 0.15) is 6.42 Å². The van der Waals surface area contributed by atoms with Gasteiger partial charge < -0.3 is 4.90 Å². The Kier molecular flexibility index (Phi) is 2.52. The van der Waals surface area contributed by atoms with Gasteiger partial charge in [-0.25, -0.2) is 9.37 Å². The van der Waals surface area contributed by atoms with E-state index in [2.05, 4.69) is 20.9 Å². The number of carbonyl (C=O) groups excluding carboxylic acids is 2. The number of halogens is 2. The largest absolute Gasteiger partial charge is 0.302 e. The Morgan fingerprint density at radius 2 is 2.20 bits per heavy atom. The summed E-state index contributed by atoms with van der Waals surface area (Å²) in [6, 6.07) is 1.17. The lowest BCUT2D eigenvalue weighted by molar-refractivity contribution is -0.121. The van der Waals surface area contributed by atoms with Crippen LogP contribution in [0.15, 0.2) is 16.9 Å². The maximum atomic E-state index is 12.9. The Morgan fingerprint density at radius 3 is 2.80 bits per heavy atom. The molecule has 1 amide bonds. The number of aromatic nitrogens is 1. The molecule has 1 fully saturated rings. The highest BCUT2D eigenvalue weighted by atomic mass is 79.9. The van der Waals surface area contributed by atoms with Gasteiger partial charge in [-0.1, -0.05) is 0 Å². The van der Waals surface area contributed by atoms with Crippen LogP contribution < -0.4 is 4.90 Å². The summed E-state index contributed by atoms with van der Waals surface area (Å²) in [7, 11) is 0. The van der Waals surface area contributed by atoms with E-state index >= 15 is 0 Å². The summed E-state index contributed by atoms with van der Waals surface area (Å²) in [6.07, 6.45) is 0.916. The van der Waals surface area contributed by atoms with E-state index in [-0.39, 0.29) is 24.7 Å². The zero-order chi connectivity index (χ0) is 11.0. The summed E-state index contributed by atoms with van der Waals surface area (Å²) in [5, 5.41) is 0. The maximum absolute atomic E-state index is 12.9. The van der Waals surface area contributed by atoms with Crippen molar-refractivity contribution in [2.45, 2.75) is 6.42 Å². The zero-order valence-electron chi connectivity index (χ0n) is 7.54. The molecule has 1 aliphatic heterocycles. The van der Waals surface area contributed by atoms with E-state index in [0.29, 0.717) is 10.3 Å². The molecule has 6 heteroatoms. The lowest BCUT2D eigenvalue weighted by Crippen LogP contribution is -2.25. The molecule has 0 atom stereocenters. The highest BCUT2D eigenvalue weighted by Crippen LogP contribution is 2.27. The summed E-state index contributed by atoms with van der Waals surface area (Å²) in [4.78, 5) is 27.4. The van der Waals surface area contributed by atoms with E-state index in [4.69, 9.17) is 0 Å². The van der Waals surface area contributed by atoms with Crippen LogP contribution in [0.25, 0.3) is 0 Å². The van der Waals surface area contributed by atoms with Gasteiger partial charge in [0.15, 0.2) is 5.78 Å². The molecule has 0 spiro atoms. The molecule has 1 aromatic heterocycles. The van der Waals surface area contributed by atoms with Crippen molar-refractivity contribution < 1.29 is 14.0 Å². The minimum absolute atomic E-state index is 0.0113. The summed E-state index contributed by atoms with van der Waals surface area (Å²) >= 11 is 3.10. The third-order valence-corrected chi connectivity index (χ3v) is 2.67. The molecular formula is C9H6BrFN2O2. The van der Waals surface area contributed by atoms with E-state index in [0.717, 1.165) is 6.20 Å². The van der Waals surface area contributed by atoms with Crippen molar-refractivity contribution in [3.05, 3.63) is 22.7 Å².